The summed E-state index contributed by atoms with van der Waals surface area (Å²) in [6.45, 7) is 2.91. The third-order valence-corrected chi connectivity index (χ3v) is 7.14. The van der Waals surface area contributed by atoms with Crippen molar-refractivity contribution in [2.45, 2.75) is 18.4 Å². The second kappa shape index (κ2) is 9.15. The number of sulfonamides is 1. The molecule has 0 unspecified atom stereocenters. The van der Waals surface area contributed by atoms with Crippen molar-refractivity contribution in [3.63, 3.8) is 0 Å². The number of methoxy groups -OCH3 is 3. The average molecular weight is 453 g/mol. The topological polar surface area (TPSA) is 103 Å². The van der Waals surface area contributed by atoms with E-state index in [4.69, 9.17) is 14.2 Å². The van der Waals surface area contributed by atoms with Gasteiger partial charge in [-0.1, -0.05) is 0 Å². The quantitative estimate of drug-likeness (QED) is 0.651. The van der Waals surface area contributed by atoms with Crippen LogP contribution in [-0.2, 0) is 17.1 Å². The van der Waals surface area contributed by atoms with Gasteiger partial charge in [0.1, 0.15) is 5.82 Å². The highest BCUT2D eigenvalue weighted by Crippen LogP contribution is 2.40. The Bertz CT molecular complexity index is 1050. The van der Waals surface area contributed by atoms with Gasteiger partial charge in [-0.05, 0) is 25.5 Å². The van der Waals surface area contributed by atoms with Gasteiger partial charge in [-0.25, -0.2) is 13.4 Å². The van der Waals surface area contributed by atoms with E-state index < -0.39 is 10.0 Å². The third-order valence-electron chi connectivity index (χ3n) is 5.37. The van der Waals surface area contributed by atoms with E-state index in [1.165, 1.54) is 31.8 Å². The fourth-order valence-electron chi connectivity index (χ4n) is 3.56. The predicted octanol–water partition coefficient (Wildman–Crippen LogP) is 1.29. The van der Waals surface area contributed by atoms with Crippen LogP contribution in [0.4, 0.5) is 0 Å². The van der Waals surface area contributed by atoms with Crippen LogP contribution in [-0.4, -0.2) is 80.6 Å². The fourth-order valence-corrected chi connectivity index (χ4v) is 5.05. The number of imidazole rings is 1. The van der Waals surface area contributed by atoms with Crippen LogP contribution in [0.1, 0.15) is 22.6 Å². The molecule has 31 heavy (non-hydrogen) atoms. The fraction of sp³-hybridized carbons (Fsp3) is 0.500. The van der Waals surface area contributed by atoms with E-state index in [0.29, 0.717) is 42.4 Å². The number of carbonyl (C=O) groups excluding carboxylic acids is 1. The molecule has 1 fully saturated rings. The minimum Gasteiger partial charge on any atom is -0.493 e. The van der Waals surface area contributed by atoms with E-state index in [-0.39, 0.29) is 29.8 Å². The lowest BCUT2D eigenvalue weighted by Gasteiger charge is -2.23. The molecule has 1 aromatic carbocycles. The van der Waals surface area contributed by atoms with Gasteiger partial charge in [-0.2, -0.15) is 4.31 Å². The minimum atomic E-state index is -3.73. The zero-order chi connectivity index (χ0) is 22.8. The van der Waals surface area contributed by atoms with Gasteiger partial charge in [0.2, 0.25) is 5.75 Å². The molecular formula is C20H28N4O6S. The second-order valence-electron chi connectivity index (χ2n) is 7.17. The molecule has 1 saturated heterocycles. The first-order chi connectivity index (χ1) is 14.7. The number of hydrogen-bond acceptors (Lipinski definition) is 7. The van der Waals surface area contributed by atoms with Crippen molar-refractivity contribution in [2.24, 2.45) is 7.05 Å². The lowest BCUT2D eigenvalue weighted by atomic mass is 10.1. The molecule has 0 atom stereocenters. The van der Waals surface area contributed by atoms with Gasteiger partial charge in [0.25, 0.3) is 15.9 Å². The van der Waals surface area contributed by atoms with Crippen LogP contribution in [0.3, 0.4) is 0 Å². The normalized spacial score (nSPS) is 15.5. The number of amides is 1. The van der Waals surface area contributed by atoms with Crippen LogP contribution in [0.5, 0.6) is 17.2 Å². The highest BCUT2D eigenvalue weighted by molar-refractivity contribution is 7.89. The molecule has 0 saturated carbocycles. The monoisotopic (exact) mass is 452 g/mol. The Kier molecular flexibility index (Phi) is 6.75. The summed E-state index contributed by atoms with van der Waals surface area (Å²) in [7, 11) is 2.46. The van der Waals surface area contributed by atoms with Crippen LogP contribution < -0.4 is 14.2 Å². The van der Waals surface area contributed by atoms with Gasteiger partial charge < -0.3 is 23.7 Å². The largest absolute Gasteiger partial charge is 0.493 e. The Morgan fingerprint density at radius 2 is 1.71 bits per heavy atom. The molecule has 11 heteroatoms. The Hall–Kier alpha value is -2.79. The van der Waals surface area contributed by atoms with Gasteiger partial charge >= 0.3 is 0 Å². The lowest BCUT2D eigenvalue weighted by Crippen LogP contribution is -2.37. The van der Waals surface area contributed by atoms with Crippen molar-refractivity contribution in [1.29, 1.82) is 0 Å². The highest BCUT2D eigenvalue weighted by Gasteiger charge is 2.32. The van der Waals surface area contributed by atoms with Crippen LogP contribution >= 0.6 is 0 Å². The van der Waals surface area contributed by atoms with Crippen molar-refractivity contribution < 1.29 is 27.4 Å². The first-order valence-corrected chi connectivity index (χ1v) is 11.3. The smallest absolute Gasteiger partial charge is 0.262 e. The summed E-state index contributed by atoms with van der Waals surface area (Å²) in [4.78, 5) is 19.0. The van der Waals surface area contributed by atoms with Crippen molar-refractivity contribution in [2.75, 3.05) is 47.5 Å². The summed E-state index contributed by atoms with van der Waals surface area (Å²) in [5, 5.41) is 0.0221. The van der Waals surface area contributed by atoms with Gasteiger partial charge in [-0.15, -0.1) is 0 Å². The second-order valence-corrected chi connectivity index (χ2v) is 9.05. The number of ether oxygens (including phenoxy) is 3. The third kappa shape index (κ3) is 4.33. The molecule has 2 heterocycles. The Balaban J connectivity index is 1.82. The maximum atomic E-state index is 13.2. The molecular weight excluding hydrogens is 424 g/mol. The van der Waals surface area contributed by atoms with Gasteiger partial charge in [0.15, 0.2) is 16.5 Å². The molecule has 1 aliphatic heterocycles. The summed E-state index contributed by atoms with van der Waals surface area (Å²) >= 11 is 0. The van der Waals surface area contributed by atoms with Crippen molar-refractivity contribution in [1.82, 2.24) is 18.8 Å². The standard InChI is InChI=1S/C20H28N4O6S/c1-14-21-17(13-22(14)2)31(26,27)24-10-6-9-23(11-12-24)20(25)15-7-8-16(28-3)19(30-5)18(15)29-4/h7-8,13H,6,9-12H2,1-5H3. The molecule has 0 N–H and O–H groups in total. The first kappa shape index (κ1) is 22.9. The van der Waals surface area contributed by atoms with Crippen LogP contribution in [0.2, 0.25) is 0 Å². The number of hydrogen-bond donors (Lipinski definition) is 0. The molecule has 0 spiro atoms. The molecule has 1 aromatic heterocycles. The average Bonchev–Trinajstić information content (AvgIpc) is 2.96. The molecule has 3 rings (SSSR count). The van der Waals surface area contributed by atoms with Gasteiger partial charge in [-0.3, -0.25) is 4.79 Å². The van der Waals surface area contributed by atoms with E-state index >= 15 is 0 Å². The Morgan fingerprint density at radius 3 is 2.29 bits per heavy atom. The molecule has 0 aliphatic carbocycles. The van der Waals surface area contributed by atoms with Gasteiger partial charge in [0, 0.05) is 39.4 Å². The molecule has 0 radical (unpaired) electrons. The predicted molar refractivity (Wildman–Crippen MR) is 113 cm³/mol. The number of benzene rings is 1. The van der Waals surface area contributed by atoms with E-state index in [0.717, 1.165) is 0 Å². The van der Waals surface area contributed by atoms with Crippen molar-refractivity contribution in [3.8, 4) is 17.2 Å². The lowest BCUT2D eigenvalue weighted by molar-refractivity contribution is 0.0760. The Morgan fingerprint density at radius 1 is 1.00 bits per heavy atom. The number of aryl methyl sites for hydroxylation is 2. The molecule has 10 nitrogen and oxygen atoms in total. The van der Waals surface area contributed by atoms with Crippen LogP contribution in [0.25, 0.3) is 0 Å². The molecule has 1 amide bonds. The van der Waals surface area contributed by atoms with Crippen LogP contribution in [0.15, 0.2) is 23.4 Å². The maximum Gasteiger partial charge on any atom is 0.262 e. The summed E-state index contributed by atoms with van der Waals surface area (Å²) < 4.78 is 45.1. The van der Waals surface area contributed by atoms with E-state index in [2.05, 4.69) is 4.98 Å². The summed E-state index contributed by atoms with van der Waals surface area (Å²) in [6, 6.07) is 3.27. The van der Waals surface area contributed by atoms with Gasteiger partial charge in [0.05, 0.1) is 26.9 Å². The number of carbonyl (C=O) groups is 1. The Labute approximate surface area is 182 Å². The van der Waals surface area contributed by atoms with Crippen molar-refractivity contribution >= 4 is 15.9 Å². The number of rotatable bonds is 6. The minimum absolute atomic E-state index is 0.0221. The SMILES string of the molecule is COc1ccc(C(=O)N2CCCN(S(=O)(=O)c3cn(C)c(C)n3)CC2)c(OC)c1OC. The number of aromatic nitrogens is 2. The van der Waals surface area contributed by atoms with E-state index in [1.807, 2.05) is 0 Å². The molecule has 2 aromatic rings. The molecule has 170 valence electrons. The van der Waals surface area contributed by atoms with Crippen molar-refractivity contribution in [3.05, 3.63) is 29.7 Å². The first-order valence-electron chi connectivity index (χ1n) is 9.83. The molecule has 1 aliphatic rings. The zero-order valence-corrected chi connectivity index (χ0v) is 19.2. The summed E-state index contributed by atoms with van der Waals surface area (Å²) in [6.07, 6.45) is 2.01. The molecule has 0 bridgehead atoms. The highest BCUT2D eigenvalue weighted by atomic mass is 32.2. The van der Waals surface area contributed by atoms with E-state index in [9.17, 15) is 13.2 Å². The zero-order valence-electron chi connectivity index (χ0n) is 18.4. The summed E-state index contributed by atoms with van der Waals surface area (Å²) in [5.41, 5.74) is 0.330. The maximum absolute atomic E-state index is 13.2. The summed E-state index contributed by atoms with van der Waals surface area (Å²) in [5.74, 6) is 1.43. The number of nitrogens with zero attached hydrogens (tertiary/aromatic N) is 4. The van der Waals surface area contributed by atoms with Crippen LogP contribution in [0, 0.1) is 6.92 Å². The van der Waals surface area contributed by atoms with E-state index in [1.54, 1.807) is 35.6 Å².